The Kier molecular flexibility index (Phi) is 7.53. The van der Waals surface area contributed by atoms with Gasteiger partial charge in [-0.15, -0.1) is 0 Å². The average molecular weight is 419 g/mol. The first kappa shape index (κ1) is 23.7. The Bertz CT molecular complexity index is 769. The Labute approximate surface area is 179 Å². The highest BCUT2D eigenvalue weighted by Gasteiger charge is 2.51. The largest absolute Gasteiger partial charge is 0.497 e. The molecule has 0 bridgehead atoms. The molecule has 1 aliphatic rings. The lowest BCUT2D eigenvalue weighted by Crippen LogP contribution is -2.62. The van der Waals surface area contributed by atoms with Gasteiger partial charge >= 0.3 is 6.09 Å². The average Bonchev–Trinajstić information content (AvgIpc) is 2.99. The van der Waals surface area contributed by atoms with Gasteiger partial charge in [-0.05, 0) is 58.4 Å². The number of anilines is 1. The number of nitrogens with one attached hydrogen (secondary N) is 1. The van der Waals surface area contributed by atoms with Crippen molar-refractivity contribution in [2.24, 2.45) is 0 Å². The van der Waals surface area contributed by atoms with E-state index in [0.29, 0.717) is 0 Å². The van der Waals surface area contributed by atoms with Crippen molar-refractivity contribution in [1.29, 1.82) is 0 Å². The number of hydrogen-bond acceptors (Lipinski definition) is 6. The van der Waals surface area contributed by atoms with Crippen LogP contribution in [0.25, 0.3) is 0 Å². The van der Waals surface area contributed by atoms with Crippen molar-refractivity contribution < 1.29 is 23.8 Å². The van der Waals surface area contributed by atoms with Crippen molar-refractivity contribution in [2.45, 2.75) is 70.7 Å². The van der Waals surface area contributed by atoms with E-state index in [1.807, 2.05) is 31.2 Å². The van der Waals surface area contributed by atoms with Crippen LogP contribution in [0.3, 0.4) is 0 Å². The predicted octanol–water partition coefficient (Wildman–Crippen LogP) is 4.38. The second kappa shape index (κ2) is 9.51. The summed E-state index contributed by atoms with van der Waals surface area (Å²) in [6.07, 6.45) is 3.90. The molecule has 7 heteroatoms. The number of carbonyl (C=O) groups is 2. The number of amides is 2. The zero-order valence-electron chi connectivity index (χ0n) is 19.0. The first-order valence-electron chi connectivity index (χ1n) is 10.3. The van der Waals surface area contributed by atoms with E-state index in [1.54, 1.807) is 41.1 Å². The highest BCUT2D eigenvalue weighted by atomic mass is 16.6. The third-order valence-corrected chi connectivity index (χ3v) is 5.13. The van der Waals surface area contributed by atoms with Gasteiger partial charge in [0.1, 0.15) is 11.4 Å². The molecule has 7 nitrogen and oxygen atoms in total. The monoisotopic (exact) mass is 418 g/mol. The van der Waals surface area contributed by atoms with E-state index >= 15 is 0 Å². The van der Waals surface area contributed by atoms with Gasteiger partial charge in [0.05, 0.1) is 24.8 Å². The lowest BCUT2D eigenvalue weighted by atomic mass is 9.85. The van der Waals surface area contributed by atoms with Crippen LogP contribution in [0.4, 0.5) is 10.5 Å². The van der Waals surface area contributed by atoms with E-state index in [2.05, 4.69) is 12.2 Å². The molecule has 3 atom stereocenters. The van der Waals surface area contributed by atoms with Crippen LogP contribution in [0.1, 0.15) is 47.5 Å². The molecule has 0 aliphatic carbocycles. The van der Waals surface area contributed by atoms with Crippen LogP contribution in [-0.2, 0) is 14.3 Å². The topological polar surface area (TPSA) is 77.1 Å². The molecule has 0 saturated carbocycles. The molecule has 1 unspecified atom stereocenters. The highest BCUT2D eigenvalue weighted by molar-refractivity contribution is 6.02. The normalized spacial score (nSPS) is 20.8. The lowest BCUT2D eigenvalue weighted by Gasteiger charge is -2.43. The van der Waals surface area contributed by atoms with Crippen LogP contribution in [0.15, 0.2) is 36.4 Å². The van der Waals surface area contributed by atoms with Crippen LogP contribution in [-0.4, -0.2) is 54.4 Å². The van der Waals surface area contributed by atoms with Crippen molar-refractivity contribution in [1.82, 2.24) is 4.90 Å². The Balaban J connectivity index is 2.43. The minimum Gasteiger partial charge on any atom is -0.497 e. The van der Waals surface area contributed by atoms with E-state index < -0.39 is 29.2 Å². The number of hydrogen-bond donors (Lipinski definition) is 1. The van der Waals surface area contributed by atoms with Crippen molar-refractivity contribution in [3.8, 4) is 5.75 Å². The van der Waals surface area contributed by atoms with Gasteiger partial charge in [-0.1, -0.05) is 19.4 Å². The first-order chi connectivity index (χ1) is 14.1. The second-order valence-electron chi connectivity index (χ2n) is 8.63. The summed E-state index contributed by atoms with van der Waals surface area (Å²) in [5.74, 6) is 0.339. The molecule has 1 aliphatic heterocycles. The van der Waals surface area contributed by atoms with E-state index in [9.17, 15) is 9.59 Å². The van der Waals surface area contributed by atoms with Gasteiger partial charge in [0.15, 0.2) is 0 Å². The summed E-state index contributed by atoms with van der Waals surface area (Å²) < 4.78 is 16.6. The summed E-state index contributed by atoms with van der Waals surface area (Å²) in [5, 5.41) is 3.48. The van der Waals surface area contributed by atoms with Gasteiger partial charge in [0.2, 0.25) is 0 Å². The van der Waals surface area contributed by atoms with Gasteiger partial charge in [-0.2, -0.15) is 0 Å². The summed E-state index contributed by atoms with van der Waals surface area (Å²) in [5.41, 5.74) is -0.865. The molecule has 166 valence electrons. The summed E-state index contributed by atoms with van der Waals surface area (Å²) in [6.45, 7) is 9.25. The molecule has 2 rings (SSSR count). The van der Waals surface area contributed by atoms with Crippen LogP contribution >= 0.6 is 0 Å². The van der Waals surface area contributed by atoms with E-state index in [0.717, 1.165) is 24.3 Å². The number of nitrogens with zero attached hydrogens (tertiary/aromatic N) is 1. The van der Waals surface area contributed by atoms with Crippen molar-refractivity contribution in [2.75, 3.05) is 19.5 Å². The van der Waals surface area contributed by atoms with Crippen LogP contribution in [0.5, 0.6) is 5.75 Å². The first-order valence-corrected chi connectivity index (χ1v) is 10.3. The van der Waals surface area contributed by atoms with Gasteiger partial charge in [-0.25, -0.2) is 9.69 Å². The fourth-order valence-corrected chi connectivity index (χ4v) is 3.65. The quantitative estimate of drug-likeness (QED) is 0.675. The molecular weight excluding hydrogens is 384 g/mol. The molecule has 0 fully saturated rings. The van der Waals surface area contributed by atoms with E-state index in [-0.39, 0.29) is 6.10 Å². The maximum absolute atomic E-state index is 13.0. The molecule has 30 heavy (non-hydrogen) atoms. The van der Waals surface area contributed by atoms with Crippen LogP contribution < -0.4 is 10.1 Å². The zero-order valence-corrected chi connectivity index (χ0v) is 19.0. The molecule has 1 aromatic rings. The maximum Gasteiger partial charge on any atom is 0.418 e. The Morgan fingerprint density at radius 2 is 1.83 bits per heavy atom. The molecule has 0 saturated heterocycles. The Hall–Kier alpha value is -2.54. The van der Waals surface area contributed by atoms with Crippen molar-refractivity contribution in [3.63, 3.8) is 0 Å². The molecule has 2 amide bonds. The number of imide groups is 1. The molecular formula is C23H34N2O5. The number of benzene rings is 1. The molecule has 0 radical (unpaired) electrons. The fraction of sp³-hybridized carbons (Fsp3) is 0.565. The predicted molar refractivity (Wildman–Crippen MR) is 117 cm³/mol. The summed E-state index contributed by atoms with van der Waals surface area (Å²) >= 11 is 0. The maximum atomic E-state index is 13.0. The summed E-state index contributed by atoms with van der Waals surface area (Å²) in [7, 11) is 3.26. The second-order valence-corrected chi connectivity index (χ2v) is 8.63. The van der Waals surface area contributed by atoms with Gasteiger partial charge in [0, 0.05) is 18.9 Å². The Morgan fingerprint density at radius 1 is 1.20 bits per heavy atom. The summed E-state index contributed by atoms with van der Waals surface area (Å²) in [6, 6.07) is 7.10. The van der Waals surface area contributed by atoms with E-state index in [1.165, 1.54) is 11.0 Å². The van der Waals surface area contributed by atoms with Crippen LogP contribution in [0.2, 0.25) is 0 Å². The molecule has 0 aromatic heterocycles. The smallest absolute Gasteiger partial charge is 0.418 e. The number of ether oxygens (including phenoxy) is 3. The molecule has 1 aromatic carbocycles. The van der Waals surface area contributed by atoms with Crippen molar-refractivity contribution in [3.05, 3.63) is 36.4 Å². The van der Waals surface area contributed by atoms with Crippen LogP contribution in [0, 0.1) is 0 Å². The van der Waals surface area contributed by atoms with Gasteiger partial charge < -0.3 is 19.5 Å². The number of rotatable bonds is 8. The lowest BCUT2D eigenvalue weighted by molar-refractivity contribution is -0.128. The van der Waals surface area contributed by atoms with Gasteiger partial charge in [0.25, 0.3) is 5.91 Å². The molecule has 0 spiro atoms. The zero-order chi connectivity index (χ0) is 22.5. The SMILES string of the molecule is CCCC(OC)[C@@H](Nc1ccc(OC)cc1)[C@]1(C)C=CC(=O)N1C(=O)OC(C)(C)C. The summed E-state index contributed by atoms with van der Waals surface area (Å²) in [4.78, 5) is 26.8. The standard InChI is InChI=1S/C23H34N2O5/c1-8-9-18(29-7)20(24-16-10-12-17(28-6)13-11-16)23(5)15-14-19(26)25(23)21(27)30-22(2,3)4/h10-15,18,20,24H,8-9H2,1-7H3/t18?,20-,23+/m1/s1. The number of carbonyl (C=O) groups excluding carboxylic acids is 2. The molecule has 1 N–H and O–H groups in total. The third kappa shape index (κ3) is 5.33. The molecule has 1 heterocycles. The van der Waals surface area contributed by atoms with Crippen molar-refractivity contribution >= 4 is 17.7 Å². The minimum absolute atomic E-state index is 0.248. The number of methoxy groups -OCH3 is 2. The minimum atomic E-state index is -0.977. The fourth-order valence-electron chi connectivity index (χ4n) is 3.65. The van der Waals surface area contributed by atoms with Gasteiger partial charge in [-0.3, -0.25) is 4.79 Å². The highest BCUT2D eigenvalue weighted by Crippen LogP contribution is 2.35. The Morgan fingerprint density at radius 3 is 2.33 bits per heavy atom. The third-order valence-electron chi connectivity index (χ3n) is 5.13. The van der Waals surface area contributed by atoms with E-state index in [4.69, 9.17) is 14.2 Å².